The predicted octanol–water partition coefficient (Wildman–Crippen LogP) is 0.854. The van der Waals surface area contributed by atoms with Crippen molar-refractivity contribution >= 4 is 11.9 Å². The highest BCUT2D eigenvalue weighted by Gasteiger charge is 2.09. The lowest BCUT2D eigenvalue weighted by Crippen LogP contribution is -2.27. The summed E-state index contributed by atoms with van der Waals surface area (Å²) in [6.45, 7) is 2.11. The second-order valence-electron chi connectivity index (χ2n) is 4.39. The van der Waals surface area contributed by atoms with E-state index in [9.17, 15) is 14.0 Å². The molecular formula is C13H13FN4O3. The highest BCUT2D eigenvalue weighted by Crippen LogP contribution is 2.08. The number of hydrogen-bond donors (Lipinski definition) is 2. The zero-order valence-corrected chi connectivity index (χ0v) is 11.2. The fraction of sp³-hybridized carbons (Fsp3) is 0.231. The molecule has 0 aliphatic heterocycles. The molecule has 0 unspecified atom stereocenters. The molecule has 8 heteroatoms. The van der Waals surface area contributed by atoms with Gasteiger partial charge in [-0.05, 0) is 30.7 Å². The molecule has 0 bridgehead atoms. The fourth-order valence-corrected chi connectivity index (χ4v) is 1.68. The van der Waals surface area contributed by atoms with Gasteiger partial charge in [0.2, 0.25) is 0 Å². The molecule has 1 aromatic carbocycles. The molecule has 2 aromatic rings. The van der Waals surface area contributed by atoms with Crippen molar-refractivity contribution in [1.82, 2.24) is 20.3 Å². The maximum atomic E-state index is 13.1. The van der Waals surface area contributed by atoms with Crippen molar-refractivity contribution in [3.8, 4) is 0 Å². The molecule has 0 saturated carbocycles. The van der Waals surface area contributed by atoms with Crippen LogP contribution in [0.3, 0.4) is 0 Å². The topological polar surface area (TPSA) is 97.1 Å². The molecule has 21 heavy (non-hydrogen) atoms. The van der Waals surface area contributed by atoms with E-state index in [4.69, 9.17) is 5.11 Å². The number of aromatic carboxylic acids is 1. The number of amides is 1. The van der Waals surface area contributed by atoms with Gasteiger partial charge in [0.25, 0.3) is 5.91 Å². The van der Waals surface area contributed by atoms with Crippen LogP contribution in [0.2, 0.25) is 0 Å². The third kappa shape index (κ3) is 3.62. The van der Waals surface area contributed by atoms with Gasteiger partial charge >= 0.3 is 5.97 Å². The summed E-state index contributed by atoms with van der Waals surface area (Å²) in [4.78, 5) is 22.5. The molecule has 1 aromatic heterocycles. The van der Waals surface area contributed by atoms with E-state index in [1.165, 1.54) is 29.1 Å². The van der Waals surface area contributed by atoms with Gasteiger partial charge in [0.1, 0.15) is 5.82 Å². The van der Waals surface area contributed by atoms with Crippen molar-refractivity contribution in [2.24, 2.45) is 0 Å². The van der Waals surface area contributed by atoms with Crippen LogP contribution in [0.1, 0.15) is 26.4 Å². The Labute approximate surface area is 119 Å². The quantitative estimate of drug-likeness (QED) is 0.851. The van der Waals surface area contributed by atoms with Crippen molar-refractivity contribution in [3.05, 3.63) is 47.0 Å². The van der Waals surface area contributed by atoms with E-state index in [0.29, 0.717) is 11.1 Å². The van der Waals surface area contributed by atoms with Gasteiger partial charge in [0, 0.05) is 12.1 Å². The van der Waals surface area contributed by atoms with Gasteiger partial charge < -0.3 is 10.4 Å². The van der Waals surface area contributed by atoms with Crippen LogP contribution in [0.25, 0.3) is 0 Å². The van der Waals surface area contributed by atoms with Gasteiger partial charge in [-0.15, -0.1) is 5.10 Å². The molecule has 0 saturated heterocycles. The van der Waals surface area contributed by atoms with E-state index < -0.39 is 5.97 Å². The van der Waals surface area contributed by atoms with Gasteiger partial charge in [0.05, 0.1) is 12.7 Å². The van der Waals surface area contributed by atoms with E-state index >= 15 is 0 Å². The molecule has 7 nitrogen and oxygen atoms in total. The second-order valence-corrected chi connectivity index (χ2v) is 4.39. The molecule has 0 atom stereocenters. The van der Waals surface area contributed by atoms with Crippen LogP contribution in [0.5, 0.6) is 0 Å². The third-order valence-electron chi connectivity index (χ3n) is 2.80. The zero-order valence-electron chi connectivity index (χ0n) is 11.2. The van der Waals surface area contributed by atoms with Crippen LogP contribution in [-0.2, 0) is 6.54 Å². The van der Waals surface area contributed by atoms with Crippen molar-refractivity contribution in [1.29, 1.82) is 0 Å². The fourth-order valence-electron chi connectivity index (χ4n) is 1.68. The Morgan fingerprint density at radius 3 is 2.81 bits per heavy atom. The van der Waals surface area contributed by atoms with Crippen LogP contribution in [0, 0.1) is 12.7 Å². The molecular weight excluding hydrogens is 279 g/mol. The van der Waals surface area contributed by atoms with Crippen LogP contribution in [0.4, 0.5) is 4.39 Å². The normalized spacial score (nSPS) is 10.4. The highest BCUT2D eigenvalue weighted by molar-refractivity contribution is 5.94. The monoisotopic (exact) mass is 292 g/mol. The first-order chi connectivity index (χ1) is 9.97. The minimum atomic E-state index is -1.16. The number of benzene rings is 1. The Bertz CT molecular complexity index is 684. The summed E-state index contributed by atoms with van der Waals surface area (Å²) in [6.07, 6.45) is 1.27. The summed E-state index contributed by atoms with van der Waals surface area (Å²) in [5, 5.41) is 18.4. The molecule has 0 aliphatic rings. The lowest BCUT2D eigenvalue weighted by Gasteiger charge is -2.06. The van der Waals surface area contributed by atoms with Gasteiger partial charge in [-0.3, -0.25) is 4.79 Å². The number of nitrogens with one attached hydrogen (secondary N) is 1. The number of hydrogen-bond acceptors (Lipinski definition) is 4. The first-order valence-corrected chi connectivity index (χ1v) is 6.15. The van der Waals surface area contributed by atoms with Gasteiger partial charge in [-0.25, -0.2) is 13.9 Å². The average molecular weight is 292 g/mol. The van der Waals surface area contributed by atoms with Crippen molar-refractivity contribution in [2.75, 3.05) is 6.54 Å². The Morgan fingerprint density at radius 2 is 2.19 bits per heavy atom. The smallest absolute Gasteiger partial charge is 0.358 e. The van der Waals surface area contributed by atoms with Crippen LogP contribution in [-0.4, -0.2) is 38.5 Å². The van der Waals surface area contributed by atoms with Crippen molar-refractivity contribution in [2.45, 2.75) is 13.5 Å². The number of carbonyl (C=O) groups is 2. The van der Waals surface area contributed by atoms with E-state index in [1.807, 2.05) is 0 Å². The van der Waals surface area contributed by atoms with Crippen molar-refractivity contribution < 1.29 is 19.1 Å². The maximum absolute atomic E-state index is 13.1. The summed E-state index contributed by atoms with van der Waals surface area (Å²) >= 11 is 0. The van der Waals surface area contributed by atoms with E-state index in [2.05, 4.69) is 15.6 Å². The van der Waals surface area contributed by atoms with Gasteiger partial charge in [0.15, 0.2) is 5.69 Å². The molecule has 1 amide bonds. The third-order valence-corrected chi connectivity index (χ3v) is 2.80. The first-order valence-electron chi connectivity index (χ1n) is 6.15. The summed E-state index contributed by atoms with van der Waals surface area (Å²) in [6, 6.07) is 4.10. The SMILES string of the molecule is Cc1cc(C(=O)NCCn2cc(C(=O)O)nn2)ccc1F. The highest BCUT2D eigenvalue weighted by atomic mass is 19.1. The predicted molar refractivity (Wildman–Crippen MR) is 70.5 cm³/mol. The minimum absolute atomic E-state index is 0.157. The Morgan fingerprint density at radius 1 is 1.43 bits per heavy atom. The minimum Gasteiger partial charge on any atom is -0.476 e. The number of carboxylic acid groups (broad SMARTS) is 1. The molecule has 110 valence electrons. The lowest BCUT2D eigenvalue weighted by molar-refractivity contribution is 0.0690. The summed E-state index contributed by atoms with van der Waals surface area (Å²) in [5.74, 6) is -1.86. The molecule has 0 spiro atoms. The van der Waals surface area contributed by atoms with Gasteiger partial charge in [-0.1, -0.05) is 5.21 Å². The van der Waals surface area contributed by atoms with Crippen LogP contribution in [0.15, 0.2) is 24.4 Å². The number of carboxylic acids is 1. The Hall–Kier alpha value is -2.77. The largest absolute Gasteiger partial charge is 0.476 e. The lowest BCUT2D eigenvalue weighted by atomic mass is 10.1. The Kier molecular flexibility index (Phi) is 4.27. The maximum Gasteiger partial charge on any atom is 0.358 e. The molecule has 2 N–H and O–H groups in total. The van der Waals surface area contributed by atoms with E-state index in [1.54, 1.807) is 6.92 Å². The molecule has 2 rings (SSSR count). The zero-order chi connectivity index (χ0) is 15.4. The second kappa shape index (κ2) is 6.12. The first kappa shape index (κ1) is 14.6. The number of nitrogens with zero attached hydrogens (tertiary/aromatic N) is 3. The molecule has 0 radical (unpaired) electrons. The molecule has 0 fully saturated rings. The number of aryl methyl sites for hydroxylation is 1. The number of carbonyl (C=O) groups excluding carboxylic acids is 1. The number of aromatic nitrogens is 3. The van der Waals surface area contributed by atoms with Crippen LogP contribution < -0.4 is 5.32 Å². The Balaban J connectivity index is 1.88. The molecule has 1 heterocycles. The standard InChI is InChI=1S/C13H13FN4O3/c1-8-6-9(2-3-10(8)14)12(19)15-4-5-18-7-11(13(20)21)16-17-18/h2-3,6-7H,4-5H2,1H3,(H,15,19)(H,20,21). The number of rotatable bonds is 5. The van der Waals surface area contributed by atoms with E-state index in [0.717, 1.165) is 0 Å². The summed E-state index contributed by atoms with van der Waals surface area (Å²) in [7, 11) is 0. The average Bonchev–Trinajstić information content (AvgIpc) is 2.91. The van der Waals surface area contributed by atoms with Crippen LogP contribution >= 0.6 is 0 Å². The van der Waals surface area contributed by atoms with Crippen molar-refractivity contribution in [3.63, 3.8) is 0 Å². The molecule has 0 aliphatic carbocycles. The summed E-state index contributed by atoms with van der Waals surface area (Å²) < 4.78 is 14.4. The van der Waals surface area contributed by atoms with Gasteiger partial charge in [-0.2, -0.15) is 0 Å². The summed E-state index contributed by atoms with van der Waals surface area (Å²) in [5.41, 5.74) is 0.597. The number of halogens is 1. The van der Waals surface area contributed by atoms with E-state index in [-0.39, 0.29) is 30.5 Å².